The van der Waals surface area contributed by atoms with Crippen LogP contribution in [0.3, 0.4) is 0 Å². The van der Waals surface area contributed by atoms with Gasteiger partial charge >= 0.3 is 0 Å². The number of hydrogen-bond donors (Lipinski definition) is 2. The average Bonchev–Trinajstić information content (AvgIpc) is 2.34. The van der Waals surface area contributed by atoms with Gasteiger partial charge in [-0.3, -0.25) is 9.59 Å². The summed E-state index contributed by atoms with van der Waals surface area (Å²) in [6.07, 6.45) is 0. The summed E-state index contributed by atoms with van der Waals surface area (Å²) in [5.41, 5.74) is 1.05. The Balaban J connectivity index is 2.83. The molecule has 1 rings (SSSR count). The van der Waals surface area contributed by atoms with Crippen LogP contribution in [0, 0.1) is 0 Å². The van der Waals surface area contributed by atoms with E-state index < -0.39 is 0 Å². The Hall–Kier alpha value is -2.10. The minimum absolute atomic E-state index is 0.135. The van der Waals surface area contributed by atoms with Crippen molar-refractivity contribution < 1.29 is 9.59 Å². The van der Waals surface area contributed by atoms with Crippen LogP contribution in [0.4, 0.5) is 0 Å². The SMILES string of the molecule is C=C(C(=O)NC(C)(C)C)c1ccc(C(=O)NC(C)(C)C)cc1. The summed E-state index contributed by atoms with van der Waals surface area (Å²) < 4.78 is 0. The molecule has 0 fully saturated rings. The molecule has 22 heavy (non-hydrogen) atoms. The van der Waals surface area contributed by atoms with Crippen LogP contribution < -0.4 is 10.6 Å². The van der Waals surface area contributed by atoms with Crippen molar-refractivity contribution in [3.05, 3.63) is 42.0 Å². The zero-order chi connectivity index (χ0) is 17.1. The predicted molar refractivity (Wildman–Crippen MR) is 90.6 cm³/mol. The van der Waals surface area contributed by atoms with Gasteiger partial charge in [0.05, 0.1) is 0 Å². The molecule has 2 N–H and O–H groups in total. The van der Waals surface area contributed by atoms with E-state index in [-0.39, 0.29) is 22.9 Å². The van der Waals surface area contributed by atoms with E-state index in [0.29, 0.717) is 16.7 Å². The molecule has 0 saturated heterocycles. The molecule has 1 aromatic carbocycles. The van der Waals surface area contributed by atoms with Gasteiger partial charge in [0, 0.05) is 22.2 Å². The van der Waals surface area contributed by atoms with Crippen molar-refractivity contribution in [2.24, 2.45) is 0 Å². The first-order valence-electron chi connectivity index (χ1n) is 7.33. The number of carbonyl (C=O) groups excluding carboxylic acids is 2. The van der Waals surface area contributed by atoms with Crippen LogP contribution in [0.15, 0.2) is 30.8 Å². The van der Waals surface area contributed by atoms with Gasteiger partial charge in [0.15, 0.2) is 0 Å². The van der Waals surface area contributed by atoms with Crippen molar-refractivity contribution in [1.82, 2.24) is 10.6 Å². The van der Waals surface area contributed by atoms with E-state index in [2.05, 4.69) is 17.2 Å². The van der Waals surface area contributed by atoms with Gasteiger partial charge in [-0.1, -0.05) is 18.7 Å². The van der Waals surface area contributed by atoms with E-state index in [0.717, 1.165) is 0 Å². The Labute approximate surface area is 133 Å². The summed E-state index contributed by atoms with van der Waals surface area (Å²) in [7, 11) is 0. The van der Waals surface area contributed by atoms with Crippen LogP contribution in [0.25, 0.3) is 5.57 Å². The Morgan fingerprint density at radius 1 is 0.818 bits per heavy atom. The fourth-order valence-corrected chi connectivity index (χ4v) is 1.78. The lowest BCUT2D eigenvalue weighted by molar-refractivity contribution is -0.116. The largest absolute Gasteiger partial charge is 0.347 e. The maximum atomic E-state index is 12.1. The third-order valence-electron chi connectivity index (χ3n) is 2.75. The van der Waals surface area contributed by atoms with Gasteiger partial charge in [-0.05, 0) is 59.2 Å². The molecule has 0 radical (unpaired) electrons. The highest BCUT2D eigenvalue weighted by atomic mass is 16.2. The van der Waals surface area contributed by atoms with E-state index in [4.69, 9.17) is 0 Å². The van der Waals surface area contributed by atoms with Gasteiger partial charge in [0.1, 0.15) is 0 Å². The predicted octanol–water partition coefficient (Wildman–Crippen LogP) is 3.14. The Morgan fingerprint density at radius 3 is 1.64 bits per heavy atom. The summed E-state index contributed by atoms with van der Waals surface area (Å²) >= 11 is 0. The molecule has 0 aliphatic rings. The highest BCUT2D eigenvalue weighted by Gasteiger charge is 2.18. The van der Waals surface area contributed by atoms with E-state index in [1.165, 1.54) is 0 Å². The second kappa shape index (κ2) is 6.34. The number of rotatable bonds is 3. The Kier molecular flexibility index (Phi) is 5.17. The average molecular weight is 302 g/mol. The molecule has 0 heterocycles. The van der Waals surface area contributed by atoms with Crippen molar-refractivity contribution in [3.8, 4) is 0 Å². The number of hydrogen-bond acceptors (Lipinski definition) is 2. The summed E-state index contributed by atoms with van der Waals surface area (Å²) in [6.45, 7) is 15.4. The molecule has 4 heteroatoms. The first-order valence-corrected chi connectivity index (χ1v) is 7.33. The lowest BCUT2D eigenvalue weighted by Crippen LogP contribution is -2.41. The Morgan fingerprint density at radius 2 is 1.23 bits per heavy atom. The molecule has 0 aliphatic heterocycles. The summed E-state index contributed by atoms with van der Waals surface area (Å²) in [6, 6.07) is 6.88. The molecule has 1 aromatic rings. The van der Waals surface area contributed by atoms with Gasteiger partial charge in [-0.15, -0.1) is 0 Å². The smallest absolute Gasteiger partial charge is 0.251 e. The first kappa shape index (κ1) is 18.0. The van der Waals surface area contributed by atoms with E-state index >= 15 is 0 Å². The van der Waals surface area contributed by atoms with Crippen LogP contribution in [0.2, 0.25) is 0 Å². The van der Waals surface area contributed by atoms with Crippen molar-refractivity contribution in [2.75, 3.05) is 0 Å². The van der Waals surface area contributed by atoms with Crippen LogP contribution in [-0.4, -0.2) is 22.9 Å². The van der Waals surface area contributed by atoms with E-state index in [9.17, 15) is 9.59 Å². The number of carbonyl (C=O) groups is 2. The second-order valence-electron chi connectivity index (χ2n) is 7.46. The third kappa shape index (κ3) is 5.72. The molecule has 0 unspecified atom stereocenters. The minimum atomic E-state index is -0.313. The van der Waals surface area contributed by atoms with Crippen LogP contribution in [0.5, 0.6) is 0 Å². The minimum Gasteiger partial charge on any atom is -0.347 e. The second-order valence-corrected chi connectivity index (χ2v) is 7.46. The Bertz CT molecular complexity index is 573. The zero-order valence-corrected chi connectivity index (χ0v) is 14.3. The number of amides is 2. The van der Waals surface area contributed by atoms with E-state index in [1.54, 1.807) is 24.3 Å². The molecular formula is C18H26N2O2. The van der Waals surface area contributed by atoms with Gasteiger partial charge < -0.3 is 10.6 Å². The van der Waals surface area contributed by atoms with Gasteiger partial charge in [-0.25, -0.2) is 0 Å². The highest BCUT2D eigenvalue weighted by Crippen LogP contribution is 2.15. The molecule has 0 bridgehead atoms. The lowest BCUT2D eigenvalue weighted by atomic mass is 10.0. The summed E-state index contributed by atoms with van der Waals surface area (Å²) in [5, 5.41) is 5.77. The number of nitrogens with one attached hydrogen (secondary N) is 2. The van der Waals surface area contributed by atoms with Crippen molar-refractivity contribution in [2.45, 2.75) is 52.6 Å². The normalized spacial score (nSPS) is 11.7. The molecular weight excluding hydrogens is 276 g/mol. The number of benzene rings is 1. The molecule has 120 valence electrons. The summed E-state index contributed by atoms with van der Waals surface area (Å²) in [4.78, 5) is 24.1. The fraction of sp³-hybridized carbons (Fsp3) is 0.444. The maximum Gasteiger partial charge on any atom is 0.251 e. The maximum absolute atomic E-state index is 12.1. The molecule has 0 spiro atoms. The lowest BCUT2D eigenvalue weighted by Gasteiger charge is -2.21. The highest BCUT2D eigenvalue weighted by molar-refractivity contribution is 6.19. The van der Waals surface area contributed by atoms with Crippen molar-refractivity contribution in [3.63, 3.8) is 0 Å². The van der Waals surface area contributed by atoms with Gasteiger partial charge in [-0.2, -0.15) is 0 Å². The monoisotopic (exact) mass is 302 g/mol. The quantitative estimate of drug-likeness (QED) is 0.843. The van der Waals surface area contributed by atoms with Gasteiger partial charge in [0.2, 0.25) is 0 Å². The van der Waals surface area contributed by atoms with Crippen molar-refractivity contribution >= 4 is 17.4 Å². The topological polar surface area (TPSA) is 58.2 Å². The molecule has 0 saturated carbocycles. The van der Waals surface area contributed by atoms with E-state index in [1.807, 2.05) is 41.5 Å². The standard InChI is InChI=1S/C18H26N2O2/c1-12(15(21)19-17(2,3)4)13-8-10-14(11-9-13)16(22)20-18(5,6)7/h8-11H,1H2,2-7H3,(H,19,21)(H,20,22). The molecule has 0 atom stereocenters. The van der Waals surface area contributed by atoms with Crippen LogP contribution >= 0.6 is 0 Å². The van der Waals surface area contributed by atoms with Crippen LogP contribution in [-0.2, 0) is 4.79 Å². The molecule has 0 aromatic heterocycles. The van der Waals surface area contributed by atoms with Gasteiger partial charge in [0.25, 0.3) is 11.8 Å². The molecule has 4 nitrogen and oxygen atoms in total. The summed E-state index contributed by atoms with van der Waals surface area (Å²) in [5.74, 6) is -0.344. The third-order valence-corrected chi connectivity index (χ3v) is 2.75. The zero-order valence-electron chi connectivity index (χ0n) is 14.3. The van der Waals surface area contributed by atoms with Crippen molar-refractivity contribution in [1.29, 1.82) is 0 Å². The van der Waals surface area contributed by atoms with Crippen LogP contribution in [0.1, 0.15) is 57.5 Å². The first-order chi connectivity index (χ1) is 9.89. The molecule has 2 amide bonds. The fourth-order valence-electron chi connectivity index (χ4n) is 1.78. The molecule has 0 aliphatic carbocycles.